The third-order valence-corrected chi connectivity index (χ3v) is 2.51. The highest BCUT2D eigenvalue weighted by atomic mass is 19.1. The number of benzene rings is 1. The summed E-state index contributed by atoms with van der Waals surface area (Å²) in [5, 5.41) is 2.52. The molecule has 0 bridgehead atoms. The van der Waals surface area contributed by atoms with Crippen LogP contribution in [-0.2, 0) is 0 Å². The minimum atomic E-state index is -0.598. The summed E-state index contributed by atoms with van der Waals surface area (Å²) in [7, 11) is 1.42. The molecule has 0 spiro atoms. The molecule has 98 valence electrons. The second-order valence-corrected chi connectivity index (χ2v) is 3.72. The van der Waals surface area contributed by atoms with Gasteiger partial charge in [-0.05, 0) is 18.2 Å². The average molecular weight is 261 g/mol. The molecule has 1 aromatic carbocycles. The van der Waals surface area contributed by atoms with E-state index in [1.807, 2.05) is 0 Å². The van der Waals surface area contributed by atoms with Crippen LogP contribution in [0.15, 0.2) is 36.5 Å². The summed E-state index contributed by atoms with van der Waals surface area (Å²) in [5.74, 6) is -0.982. The van der Waals surface area contributed by atoms with Crippen molar-refractivity contribution >= 4 is 17.3 Å². The molecule has 0 aliphatic heterocycles. The molecule has 0 aliphatic rings. The van der Waals surface area contributed by atoms with Crippen LogP contribution in [0.3, 0.4) is 0 Å². The third-order valence-electron chi connectivity index (χ3n) is 2.51. The first-order valence-electron chi connectivity index (χ1n) is 5.48. The summed E-state index contributed by atoms with van der Waals surface area (Å²) in [6.07, 6.45) is 1.44. The first kappa shape index (κ1) is 12.8. The van der Waals surface area contributed by atoms with Gasteiger partial charge in [-0.15, -0.1) is 0 Å². The number of halogens is 1. The first-order chi connectivity index (χ1) is 9.13. The van der Waals surface area contributed by atoms with Crippen LogP contribution in [0.25, 0.3) is 0 Å². The molecule has 0 fully saturated rings. The maximum atomic E-state index is 13.5. The predicted molar refractivity (Wildman–Crippen MR) is 69.6 cm³/mol. The molecule has 3 N–H and O–H groups in total. The molecular formula is C13H12FN3O2. The number of amides is 1. The molecule has 19 heavy (non-hydrogen) atoms. The molecule has 0 radical (unpaired) electrons. The number of hydrogen-bond donors (Lipinski definition) is 2. The van der Waals surface area contributed by atoms with Crippen LogP contribution < -0.4 is 15.8 Å². The fraction of sp³-hybridized carbons (Fsp3) is 0.0769. The van der Waals surface area contributed by atoms with Gasteiger partial charge >= 0.3 is 0 Å². The lowest BCUT2D eigenvalue weighted by Gasteiger charge is -2.10. The van der Waals surface area contributed by atoms with Crippen LogP contribution in [0, 0.1) is 5.82 Å². The van der Waals surface area contributed by atoms with Crippen molar-refractivity contribution in [2.75, 3.05) is 18.2 Å². The van der Waals surface area contributed by atoms with Crippen molar-refractivity contribution in [3.05, 3.63) is 47.9 Å². The number of nitrogens with zero attached hydrogens (tertiary/aromatic N) is 1. The number of ether oxygens (including phenoxy) is 1. The number of aromatic nitrogens is 1. The van der Waals surface area contributed by atoms with Gasteiger partial charge in [-0.2, -0.15) is 0 Å². The lowest BCUT2D eigenvalue weighted by Crippen LogP contribution is -2.15. The van der Waals surface area contributed by atoms with Gasteiger partial charge in [0, 0.05) is 6.20 Å². The standard InChI is InChI=1S/C13H12FN3O2/c1-19-13-11(15)10(6-7-16-13)17-12(18)8-4-2-3-5-9(8)14/h2-7H,15H2,1H3,(H,16,17,18). The quantitative estimate of drug-likeness (QED) is 0.886. The van der Waals surface area contributed by atoms with Crippen molar-refractivity contribution in [3.63, 3.8) is 0 Å². The normalized spacial score (nSPS) is 10.0. The number of methoxy groups -OCH3 is 1. The van der Waals surface area contributed by atoms with E-state index < -0.39 is 11.7 Å². The lowest BCUT2D eigenvalue weighted by molar-refractivity contribution is 0.102. The number of hydrogen-bond acceptors (Lipinski definition) is 4. The Balaban J connectivity index is 2.27. The van der Waals surface area contributed by atoms with Crippen LogP contribution in [0.5, 0.6) is 5.88 Å². The Morgan fingerprint density at radius 1 is 1.37 bits per heavy atom. The van der Waals surface area contributed by atoms with Crippen LogP contribution in [-0.4, -0.2) is 18.0 Å². The van der Waals surface area contributed by atoms with Gasteiger partial charge in [-0.25, -0.2) is 9.37 Å². The third kappa shape index (κ3) is 2.62. The van der Waals surface area contributed by atoms with Crippen molar-refractivity contribution in [3.8, 4) is 5.88 Å². The minimum Gasteiger partial charge on any atom is -0.479 e. The Hall–Kier alpha value is -2.63. The zero-order valence-corrected chi connectivity index (χ0v) is 10.2. The topological polar surface area (TPSA) is 77.2 Å². The van der Waals surface area contributed by atoms with E-state index in [0.717, 1.165) is 0 Å². The number of rotatable bonds is 3. The number of anilines is 2. The zero-order chi connectivity index (χ0) is 13.8. The van der Waals surface area contributed by atoms with Gasteiger partial charge in [0.15, 0.2) is 0 Å². The van der Waals surface area contributed by atoms with Crippen LogP contribution in [0.2, 0.25) is 0 Å². The molecule has 1 heterocycles. The lowest BCUT2D eigenvalue weighted by atomic mass is 10.2. The van der Waals surface area contributed by atoms with E-state index in [1.165, 1.54) is 37.6 Å². The van der Waals surface area contributed by atoms with Gasteiger partial charge in [0.2, 0.25) is 5.88 Å². The maximum absolute atomic E-state index is 13.5. The highest BCUT2D eigenvalue weighted by molar-refractivity contribution is 6.06. The monoisotopic (exact) mass is 261 g/mol. The van der Waals surface area contributed by atoms with Gasteiger partial charge < -0.3 is 15.8 Å². The van der Waals surface area contributed by atoms with E-state index >= 15 is 0 Å². The number of carbonyl (C=O) groups is 1. The molecule has 2 aromatic rings. The van der Waals surface area contributed by atoms with E-state index in [-0.39, 0.29) is 17.1 Å². The summed E-state index contributed by atoms with van der Waals surface area (Å²) in [5.41, 5.74) is 6.21. The Kier molecular flexibility index (Phi) is 3.61. The second-order valence-electron chi connectivity index (χ2n) is 3.72. The number of carbonyl (C=O) groups excluding carboxylic acids is 1. The van der Waals surface area contributed by atoms with Gasteiger partial charge in [0.05, 0.1) is 18.4 Å². The van der Waals surface area contributed by atoms with Crippen molar-refractivity contribution in [2.45, 2.75) is 0 Å². The van der Waals surface area contributed by atoms with Crippen LogP contribution >= 0.6 is 0 Å². The van der Waals surface area contributed by atoms with Crippen LogP contribution in [0.1, 0.15) is 10.4 Å². The molecule has 0 saturated heterocycles. The van der Waals surface area contributed by atoms with Crippen LogP contribution in [0.4, 0.5) is 15.8 Å². The Bertz CT molecular complexity index is 617. The molecule has 0 unspecified atom stereocenters. The minimum absolute atomic E-state index is 0.0577. The van der Waals surface area contributed by atoms with Crippen molar-refractivity contribution < 1.29 is 13.9 Å². The van der Waals surface area contributed by atoms with Gasteiger partial charge in [0.1, 0.15) is 11.5 Å². The molecule has 5 nitrogen and oxygen atoms in total. The smallest absolute Gasteiger partial charge is 0.258 e. The zero-order valence-electron chi connectivity index (χ0n) is 10.2. The molecule has 2 rings (SSSR count). The fourth-order valence-corrected chi connectivity index (χ4v) is 1.56. The van der Waals surface area contributed by atoms with Gasteiger partial charge in [0.25, 0.3) is 5.91 Å². The Labute approximate surface area is 109 Å². The summed E-state index contributed by atoms with van der Waals surface area (Å²) in [6.45, 7) is 0. The summed E-state index contributed by atoms with van der Waals surface area (Å²) >= 11 is 0. The summed E-state index contributed by atoms with van der Waals surface area (Å²) in [6, 6.07) is 7.20. The highest BCUT2D eigenvalue weighted by Gasteiger charge is 2.14. The second kappa shape index (κ2) is 5.34. The Morgan fingerprint density at radius 3 is 2.79 bits per heavy atom. The largest absolute Gasteiger partial charge is 0.479 e. The van der Waals surface area contributed by atoms with E-state index in [2.05, 4.69) is 10.3 Å². The molecule has 0 saturated carbocycles. The summed E-state index contributed by atoms with van der Waals surface area (Å²) < 4.78 is 18.4. The van der Waals surface area contributed by atoms with Crippen molar-refractivity contribution in [1.29, 1.82) is 0 Å². The van der Waals surface area contributed by atoms with E-state index in [9.17, 15) is 9.18 Å². The Morgan fingerprint density at radius 2 is 2.11 bits per heavy atom. The number of nitrogen functional groups attached to an aromatic ring is 1. The molecule has 1 aromatic heterocycles. The molecule has 1 amide bonds. The number of nitrogens with two attached hydrogens (primary N) is 1. The summed E-state index contributed by atoms with van der Waals surface area (Å²) in [4.78, 5) is 15.8. The van der Waals surface area contributed by atoms with Crippen molar-refractivity contribution in [2.24, 2.45) is 0 Å². The fourth-order valence-electron chi connectivity index (χ4n) is 1.56. The van der Waals surface area contributed by atoms with E-state index in [0.29, 0.717) is 5.69 Å². The molecular weight excluding hydrogens is 249 g/mol. The maximum Gasteiger partial charge on any atom is 0.258 e. The van der Waals surface area contributed by atoms with Gasteiger partial charge in [-0.3, -0.25) is 4.79 Å². The molecule has 0 atom stereocenters. The molecule has 6 heteroatoms. The molecule has 0 aliphatic carbocycles. The number of nitrogens with one attached hydrogen (secondary N) is 1. The predicted octanol–water partition coefficient (Wildman–Crippen LogP) is 2.06. The van der Waals surface area contributed by atoms with E-state index in [4.69, 9.17) is 10.5 Å². The average Bonchev–Trinajstić information content (AvgIpc) is 2.41. The van der Waals surface area contributed by atoms with Crippen molar-refractivity contribution in [1.82, 2.24) is 4.98 Å². The first-order valence-corrected chi connectivity index (χ1v) is 5.48. The van der Waals surface area contributed by atoms with E-state index in [1.54, 1.807) is 6.07 Å². The SMILES string of the molecule is COc1nccc(NC(=O)c2ccccc2F)c1N. The highest BCUT2D eigenvalue weighted by Crippen LogP contribution is 2.26. The van der Waals surface area contributed by atoms with Gasteiger partial charge in [-0.1, -0.05) is 12.1 Å². The number of pyridine rings is 1.